The van der Waals surface area contributed by atoms with Crippen LogP contribution in [0, 0.1) is 11.3 Å². The fourth-order valence-electron chi connectivity index (χ4n) is 2.38. The molecule has 0 aliphatic heterocycles. The van der Waals surface area contributed by atoms with E-state index < -0.39 is 0 Å². The van der Waals surface area contributed by atoms with Gasteiger partial charge >= 0.3 is 0 Å². The topological polar surface area (TPSA) is 65.9 Å². The Kier molecular flexibility index (Phi) is 3.88. The molecule has 0 fully saturated rings. The highest BCUT2D eigenvalue weighted by molar-refractivity contribution is 6.09. The summed E-state index contributed by atoms with van der Waals surface area (Å²) in [7, 11) is 0. The van der Waals surface area contributed by atoms with E-state index in [0.717, 1.165) is 16.5 Å². The first-order chi connectivity index (χ1) is 10.8. The minimum atomic E-state index is -0.186. The smallest absolute Gasteiger partial charge is 0.179 e. The van der Waals surface area contributed by atoms with Crippen molar-refractivity contribution in [1.29, 1.82) is 5.26 Å². The molecule has 0 unspecified atom stereocenters. The number of H-pyrrole nitrogens is 1. The van der Waals surface area contributed by atoms with Crippen molar-refractivity contribution in [3.8, 4) is 11.8 Å². The summed E-state index contributed by atoms with van der Waals surface area (Å²) in [5, 5.41) is 9.45. The van der Waals surface area contributed by atoms with Crippen LogP contribution in [-0.4, -0.2) is 10.8 Å². The van der Waals surface area contributed by atoms with Gasteiger partial charge < -0.3 is 9.72 Å². The lowest BCUT2D eigenvalue weighted by Gasteiger charge is -2.07. The van der Waals surface area contributed by atoms with E-state index in [1.165, 1.54) is 0 Å². The number of carbonyl (C=O) groups is 1. The lowest BCUT2D eigenvalue weighted by Crippen LogP contribution is -1.97. The number of fused-ring (bicyclic) bond motifs is 1. The van der Waals surface area contributed by atoms with Gasteiger partial charge in [0, 0.05) is 17.1 Å². The van der Waals surface area contributed by atoms with E-state index in [2.05, 4.69) is 4.98 Å². The number of aromatic amines is 1. The van der Waals surface area contributed by atoms with Gasteiger partial charge in [-0.3, -0.25) is 4.79 Å². The van der Waals surface area contributed by atoms with Gasteiger partial charge in [0.1, 0.15) is 12.4 Å². The predicted molar refractivity (Wildman–Crippen MR) is 83.6 cm³/mol. The first-order valence-electron chi connectivity index (χ1n) is 6.96. The fourth-order valence-corrected chi connectivity index (χ4v) is 2.38. The Balaban J connectivity index is 1.88. The number of benzene rings is 2. The monoisotopic (exact) mass is 290 g/mol. The Morgan fingerprint density at radius 1 is 1.14 bits per heavy atom. The molecule has 0 saturated carbocycles. The molecule has 0 spiro atoms. The van der Waals surface area contributed by atoms with E-state index in [-0.39, 0.29) is 12.2 Å². The molecular weight excluding hydrogens is 276 g/mol. The van der Waals surface area contributed by atoms with Crippen molar-refractivity contribution in [1.82, 2.24) is 4.98 Å². The number of carbonyl (C=O) groups excluding carboxylic acids is 1. The second kappa shape index (κ2) is 6.15. The standard InChI is InChI=1S/C18H14N2O2/c19-10-9-16(21)15-11-20-18-14(15)7-4-8-17(18)22-12-13-5-2-1-3-6-13/h1-8,11,20H,9,12H2. The maximum atomic E-state index is 11.9. The molecular formula is C18H14N2O2. The minimum absolute atomic E-state index is 0.123. The van der Waals surface area contributed by atoms with Gasteiger partial charge in [-0.15, -0.1) is 0 Å². The maximum Gasteiger partial charge on any atom is 0.179 e. The molecule has 0 amide bonds. The van der Waals surface area contributed by atoms with E-state index in [4.69, 9.17) is 10.00 Å². The van der Waals surface area contributed by atoms with E-state index in [9.17, 15) is 4.79 Å². The zero-order valence-corrected chi connectivity index (χ0v) is 11.9. The molecule has 0 radical (unpaired) electrons. The van der Waals surface area contributed by atoms with Gasteiger partial charge in [-0.25, -0.2) is 0 Å². The number of para-hydroxylation sites is 1. The van der Waals surface area contributed by atoms with Crippen LogP contribution in [0.4, 0.5) is 0 Å². The predicted octanol–water partition coefficient (Wildman–Crippen LogP) is 3.84. The van der Waals surface area contributed by atoms with Crippen molar-refractivity contribution >= 4 is 16.7 Å². The molecule has 0 aliphatic carbocycles. The first kappa shape index (κ1) is 13.9. The van der Waals surface area contributed by atoms with E-state index >= 15 is 0 Å². The Hall–Kier alpha value is -3.06. The number of nitriles is 1. The zero-order chi connectivity index (χ0) is 15.4. The van der Waals surface area contributed by atoms with Crippen LogP contribution in [0.3, 0.4) is 0 Å². The number of hydrogen-bond donors (Lipinski definition) is 1. The SMILES string of the molecule is N#CCC(=O)c1c[nH]c2c(OCc3ccccc3)cccc12. The minimum Gasteiger partial charge on any atom is -0.487 e. The Bertz CT molecular complexity index is 844. The van der Waals surface area contributed by atoms with E-state index in [0.29, 0.717) is 17.9 Å². The van der Waals surface area contributed by atoms with Crippen molar-refractivity contribution in [2.45, 2.75) is 13.0 Å². The summed E-state index contributed by atoms with van der Waals surface area (Å²) < 4.78 is 5.85. The zero-order valence-electron chi connectivity index (χ0n) is 11.9. The van der Waals surface area contributed by atoms with Gasteiger partial charge in [-0.05, 0) is 11.6 Å². The molecule has 0 aliphatic rings. The molecule has 3 rings (SSSR count). The number of aromatic nitrogens is 1. The number of ketones is 1. The normalized spacial score (nSPS) is 10.3. The summed E-state index contributed by atoms with van der Waals surface area (Å²) in [6.07, 6.45) is 1.52. The molecule has 2 aromatic carbocycles. The van der Waals surface area contributed by atoms with Crippen LogP contribution >= 0.6 is 0 Å². The second-order valence-electron chi connectivity index (χ2n) is 4.91. The Morgan fingerprint density at radius 2 is 1.95 bits per heavy atom. The highest BCUT2D eigenvalue weighted by Crippen LogP contribution is 2.28. The Morgan fingerprint density at radius 3 is 2.73 bits per heavy atom. The van der Waals surface area contributed by atoms with E-state index in [1.807, 2.05) is 54.6 Å². The summed E-state index contributed by atoms with van der Waals surface area (Å²) in [5.41, 5.74) is 2.38. The van der Waals surface area contributed by atoms with Crippen LogP contribution in [0.2, 0.25) is 0 Å². The molecule has 1 aromatic heterocycles. The number of nitrogens with zero attached hydrogens (tertiary/aromatic N) is 1. The Labute approximate surface area is 128 Å². The van der Waals surface area contributed by atoms with Crippen molar-refractivity contribution in [3.63, 3.8) is 0 Å². The van der Waals surface area contributed by atoms with Crippen LogP contribution in [0.15, 0.2) is 54.7 Å². The lowest BCUT2D eigenvalue weighted by molar-refractivity contribution is 0.0999. The third kappa shape index (κ3) is 2.70. The van der Waals surface area contributed by atoms with Gasteiger partial charge in [-0.1, -0.05) is 42.5 Å². The van der Waals surface area contributed by atoms with Crippen LogP contribution in [0.5, 0.6) is 5.75 Å². The third-order valence-corrected chi connectivity index (χ3v) is 3.45. The molecule has 22 heavy (non-hydrogen) atoms. The van der Waals surface area contributed by atoms with Gasteiger partial charge in [0.2, 0.25) is 0 Å². The van der Waals surface area contributed by atoms with Gasteiger partial charge in [-0.2, -0.15) is 5.26 Å². The summed E-state index contributed by atoms with van der Waals surface area (Å²) in [6, 6.07) is 17.3. The van der Waals surface area contributed by atoms with Crippen LogP contribution < -0.4 is 4.74 Å². The average molecular weight is 290 g/mol. The molecule has 3 aromatic rings. The number of nitrogens with one attached hydrogen (secondary N) is 1. The van der Waals surface area contributed by atoms with Crippen LogP contribution in [-0.2, 0) is 6.61 Å². The largest absolute Gasteiger partial charge is 0.487 e. The number of rotatable bonds is 5. The first-order valence-corrected chi connectivity index (χ1v) is 6.96. The van der Waals surface area contributed by atoms with Crippen LogP contribution in [0.1, 0.15) is 22.3 Å². The highest BCUT2D eigenvalue weighted by Gasteiger charge is 2.14. The molecule has 1 heterocycles. The van der Waals surface area contributed by atoms with Gasteiger partial charge in [0.25, 0.3) is 0 Å². The molecule has 0 saturated heterocycles. The van der Waals surface area contributed by atoms with Gasteiger partial charge in [0.05, 0.1) is 18.0 Å². The summed E-state index contributed by atoms with van der Waals surface area (Å²) >= 11 is 0. The van der Waals surface area contributed by atoms with Crippen molar-refractivity contribution in [2.24, 2.45) is 0 Å². The quantitative estimate of drug-likeness (QED) is 0.726. The summed E-state index contributed by atoms with van der Waals surface area (Å²) in [5.74, 6) is 0.506. The molecule has 4 heteroatoms. The molecule has 108 valence electrons. The second-order valence-corrected chi connectivity index (χ2v) is 4.91. The summed E-state index contributed by atoms with van der Waals surface area (Å²) in [6.45, 7) is 0.459. The van der Waals surface area contributed by atoms with E-state index in [1.54, 1.807) is 6.20 Å². The average Bonchev–Trinajstić information content (AvgIpc) is 2.99. The molecule has 0 bridgehead atoms. The highest BCUT2D eigenvalue weighted by atomic mass is 16.5. The van der Waals surface area contributed by atoms with Crippen molar-refractivity contribution < 1.29 is 9.53 Å². The maximum absolute atomic E-state index is 11.9. The number of Topliss-reactive ketones (excluding diaryl/α,β-unsaturated/α-hetero) is 1. The van der Waals surface area contributed by atoms with Crippen LogP contribution in [0.25, 0.3) is 10.9 Å². The number of hydrogen-bond acceptors (Lipinski definition) is 3. The third-order valence-electron chi connectivity index (χ3n) is 3.45. The molecule has 1 N–H and O–H groups in total. The summed E-state index contributed by atoms with van der Waals surface area (Å²) in [4.78, 5) is 15.0. The number of ether oxygens (including phenoxy) is 1. The van der Waals surface area contributed by atoms with Gasteiger partial charge in [0.15, 0.2) is 5.78 Å². The molecule has 0 atom stereocenters. The fraction of sp³-hybridized carbons (Fsp3) is 0.111. The molecule has 4 nitrogen and oxygen atoms in total. The lowest BCUT2D eigenvalue weighted by atomic mass is 10.1. The van der Waals surface area contributed by atoms with Crippen molar-refractivity contribution in [2.75, 3.05) is 0 Å². The van der Waals surface area contributed by atoms with Crippen molar-refractivity contribution in [3.05, 3.63) is 65.9 Å².